The van der Waals surface area contributed by atoms with Crippen LogP contribution in [0.25, 0.3) is 0 Å². The third-order valence-corrected chi connectivity index (χ3v) is 4.13. The first-order valence-corrected chi connectivity index (χ1v) is 6.31. The number of rotatable bonds is 3. The number of carbonyl (C=O) groups excluding carboxylic acids is 1. The molecular weight excluding hydrogens is 218 g/mol. The van der Waals surface area contributed by atoms with E-state index in [2.05, 4.69) is 19.2 Å². The average Bonchev–Trinajstić information content (AvgIpc) is 2.24. The number of hydrogen-bond acceptors (Lipinski definition) is 2. The molecule has 0 saturated heterocycles. The van der Waals surface area contributed by atoms with Gasteiger partial charge in [0.15, 0.2) is 0 Å². The molecule has 0 radical (unpaired) electrons. The minimum Gasteiger partial charge on any atom is -0.480 e. The maximum Gasteiger partial charge on any atom is 0.318 e. The topological polar surface area (TPSA) is 66.4 Å². The zero-order valence-corrected chi connectivity index (χ0v) is 11.1. The number of hydrogen-bond donors (Lipinski definition) is 2. The highest BCUT2D eigenvalue weighted by Gasteiger charge is 2.38. The summed E-state index contributed by atoms with van der Waals surface area (Å²) >= 11 is 0. The lowest BCUT2D eigenvalue weighted by atomic mass is 9.77. The number of carboxylic acid groups (broad SMARTS) is 1. The van der Waals surface area contributed by atoms with Gasteiger partial charge in [-0.2, -0.15) is 0 Å². The van der Waals surface area contributed by atoms with Crippen LogP contribution in [-0.2, 0) is 9.59 Å². The van der Waals surface area contributed by atoms with Crippen molar-refractivity contribution in [1.29, 1.82) is 0 Å². The number of amides is 1. The molecule has 2 N–H and O–H groups in total. The summed E-state index contributed by atoms with van der Waals surface area (Å²) in [6.45, 7) is 7.21. The average molecular weight is 241 g/mol. The molecule has 0 aromatic carbocycles. The van der Waals surface area contributed by atoms with Gasteiger partial charge in [0.2, 0.25) is 5.91 Å². The van der Waals surface area contributed by atoms with Gasteiger partial charge in [0, 0.05) is 6.04 Å². The molecule has 1 aliphatic rings. The van der Waals surface area contributed by atoms with Crippen LogP contribution in [0.1, 0.15) is 47.0 Å². The van der Waals surface area contributed by atoms with E-state index in [1.165, 1.54) is 20.3 Å². The van der Waals surface area contributed by atoms with E-state index in [0.717, 1.165) is 12.8 Å². The van der Waals surface area contributed by atoms with E-state index in [-0.39, 0.29) is 11.9 Å². The SMILES string of the molecule is CC1CCCC(NC(=O)C(C)(C)C(=O)O)C1C. The Morgan fingerprint density at radius 2 is 1.82 bits per heavy atom. The zero-order chi connectivity index (χ0) is 13.2. The molecule has 1 aliphatic carbocycles. The Bertz CT molecular complexity index is 312. The van der Waals surface area contributed by atoms with E-state index in [1.807, 2.05) is 0 Å². The summed E-state index contributed by atoms with van der Waals surface area (Å²) in [5.74, 6) is -0.457. The Kier molecular flexibility index (Phi) is 4.17. The molecule has 0 aromatic rings. The Hall–Kier alpha value is -1.06. The van der Waals surface area contributed by atoms with Crippen molar-refractivity contribution in [2.45, 2.75) is 53.0 Å². The predicted octanol–water partition coefficient (Wildman–Crippen LogP) is 2.04. The Labute approximate surface area is 103 Å². The molecule has 0 spiro atoms. The normalized spacial score (nSPS) is 29.8. The second kappa shape index (κ2) is 5.07. The van der Waals surface area contributed by atoms with Crippen molar-refractivity contribution in [1.82, 2.24) is 5.32 Å². The minimum absolute atomic E-state index is 0.116. The van der Waals surface area contributed by atoms with Gasteiger partial charge in [-0.3, -0.25) is 9.59 Å². The van der Waals surface area contributed by atoms with Crippen LogP contribution in [0.2, 0.25) is 0 Å². The van der Waals surface area contributed by atoms with Crippen LogP contribution in [0, 0.1) is 17.3 Å². The molecule has 1 rings (SSSR count). The van der Waals surface area contributed by atoms with Crippen LogP contribution in [0.5, 0.6) is 0 Å². The molecule has 1 fully saturated rings. The first-order valence-electron chi connectivity index (χ1n) is 6.31. The first-order chi connectivity index (χ1) is 7.76. The minimum atomic E-state index is -1.35. The highest BCUT2D eigenvalue weighted by Crippen LogP contribution is 2.30. The fourth-order valence-corrected chi connectivity index (χ4v) is 2.23. The van der Waals surface area contributed by atoms with Crippen LogP contribution in [0.3, 0.4) is 0 Å². The molecule has 3 atom stereocenters. The lowest BCUT2D eigenvalue weighted by molar-refractivity contribution is -0.153. The van der Waals surface area contributed by atoms with Crippen molar-refractivity contribution < 1.29 is 14.7 Å². The van der Waals surface area contributed by atoms with Crippen molar-refractivity contribution in [2.75, 3.05) is 0 Å². The number of aliphatic carboxylic acids is 1. The molecule has 17 heavy (non-hydrogen) atoms. The van der Waals surface area contributed by atoms with Gasteiger partial charge in [-0.05, 0) is 32.1 Å². The molecule has 0 aromatic heterocycles. The van der Waals surface area contributed by atoms with Crippen molar-refractivity contribution >= 4 is 11.9 Å². The van der Waals surface area contributed by atoms with Gasteiger partial charge in [0.25, 0.3) is 0 Å². The van der Waals surface area contributed by atoms with Crippen LogP contribution in [0.4, 0.5) is 0 Å². The fraction of sp³-hybridized carbons (Fsp3) is 0.846. The Balaban J connectivity index is 2.65. The maximum atomic E-state index is 11.9. The number of nitrogens with one attached hydrogen (secondary N) is 1. The van der Waals surface area contributed by atoms with Crippen LogP contribution in [-0.4, -0.2) is 23.0 Å². The standard InChI is InChI=1S/C13H23NO3/c1-8-6-5-7-10(9(8)2)14-11(15)13(3,4)12(16)17/h8-10H,5-7H2,1-4H3,(H,14,15)(H,16,17). The van der Waals surface area contributed by atoms with E-state index in [4.69, 9.17) is 5.11 Å². The highest BCUT2D eigenvalue weighted by atomic mass is 16.4. The lowest BCUT2D eigenvalue weighted by Gasteiger charge is -2.36. The lowest BCUT2D eigenvalue weighted by Crippen LogP contribution is -2.50. The van der Waals surface area contributed by atoms with E-state index < -0.39 is 11.4 Å². The second-order valence-corrected chi connectivity index (χ2v) is 5.78. The van der Waals surface area contributed by atoms with Crippen LogP contribution < -0.4 is 5.32 Å². The molecule has 0 bridgehead atoms. The summed E-state index contributed by atoms with van der Waals surface area (Å²) < 4.78 is 0. The summed E-state index contributed by atoms with van der Waals surface area (Å²) in [5, 5.41) is 11.9. The third-order valence-electron chi connectivity index (χ3n) is 4.13. The molecular formula is C13H23NO3. The van der Waals surface area contributed by atoms with Gasteiger partial charge >= 0.3 is 5.97 Å². The van der Waals surface area contributed by atoms with Crippen LogP contribution >= 0.6 is 0 Å². The Morgan fingerprint density at radius 1 is 1.24 bits per heavy atom. The molecule has 1 saturated carbocycles. The summed E-state index contributed by atoms with van der Waals surface area (Å²) in [4.78, 5) is 22.9. The molecule has 1 amide bonds. The van der Waals surface area contributed by atoms with Gasteiger partial charge in [-0.1, -0.05) is 26.7 Å². The smallest absolute Gasteiger partial charge is 0.318 e. The molecule has 0 heterocycles. The van der Waals surface area contributed by atoms with Gasteiger partial charge < -0.3 is 10.4 Å². The van der Waals surface area contributed by atoms with E-state index in [9.17, 15) is 9.59 Å². The molecule has 3 unspecified atom stereocenters. The monoisotopic (exact) mass is 241 g/mol. The predicted molar refractivity (Wildman–Crippen MR) is 65.5 cm³/mol. The first kappa shape index (κ1) is 14.0. The molecule has 4 nitrogen and oxygen atoms in total. The summed E-state index contributed by atoms with van der Waals surface area (Å²) in [6.07, 6.45) is 3.24. The fourth-order valence-electron chi connectivity index (χ4n) is 2.23. The summed E-state index contributed by atoms with van der Waals surface area (Å²) in [6, 6.07) is 0.116. The van der Waals surface area contributed by atoms with Crippen molar-refractivity contribution in [3.05, 3.63) is 0 Å². The second-order valence-electron chi connectivity index (χ2n) is 5.78. The third kappa shape index (κ3) is 2.99. The van der Waals surface area contributed by atoms with Crippen molar-refractivity contribution in [3.63, 3.8) is 0 Å². The van der Waals surface area contributed by atoms with E-state index in [1.54, 1.807) is 0 Å². The van der Waals surface area contributed by atoms with Crippen molar-refractivity contribution in [2.24, 2.45) is 17.3 Å². The largest absolute Gasteiger partial charge is 0.480 e. The molecule has 0 aliphatic heterocycles. The number of carbonyl (C=O) groups is 2. The van der Waals surface area contributed by atoms with E-state index in [0.29, 0.717) is 11.8 Å². The van der Waals surface area contributed by atoms with E-state index >= 15 is 0 Å². The van der Waals surface area contributed by atoms with Gasteiger partial charge in [0.1, 0.15) is 5.41 Å². The van der Waals surface area contributed by atoms with Gasteiger partial charge in [0.05, 0.1) is 0 Å². The highest BCUT2D eigenvalue weighted by molar-refractivity contribution is 6.01. The quantitative estimate of drug-likeness (QED) is 0.743. The maximum absolute atomic E-state index is 11.9. The summed E-state index contributed by atoms with van der Waals surface area (Å²) in [7, 11) is 0. The molecule has 4 heteroatoms. The zero-order valence-electron chi connectivity index (χ0n) is 11.1. The van der Waals surface area contributed by atoms with Crippen molar-refractivity contribution in [3.8, 4) is 0 Å². The molecule has 98 valence electrons. The van der Waals surface area contributed by atoms with Crippen LogP contribution in [0.15, 0.2) is 0 Å². The summed E-state index contributed by atoms with van der Waals surface area (Å²) in [5.41, 5.74) is -1.35. The van der Waals surface area contributed by atoms with Gasteiger partial charge in [-0.15, -0.1) is 0 Å². The van der Waals surface area contributed by atoms with Gasteiger partial charge in [-0.25, -0.2) is 0 Å². The number of carboxylic acids is 1. The Morgan fingerprint density at radius 3 is 2.35 bits per heavy atom.